The van der Waals surface area contributed by atoms with Crippen molar-refractivity contribution in [3.8, 4) is 0 Å². The molecule has 0 aliphatic rings. The van der Waals surface area contributed by atoms with Gasteiger partial charge in [0.15, 0.2) is 0 Å². The van der Waals surface area contributed by atoms with Crippen LogP contribution in [0.4, 0.5) is 0 Å². The average Bonchev–Trinajstić information content (AvgIpc) is 2.77. The van der Waals surface area contributed by atoms with E-state index in [4.69, 9.17) is 0 Å². The lowest BCUT2D eigenvalue weighted by atomic mass is 10.1. The molecule has 0 spiro atoms. The number of pyridine rings is 1. The minimum absolute atomic E-state index is 0.000602. The SMILES string of the molecule is CC(C)n1c(=O)c2cn[nH]c2c2ccc(Br)cc21. The summed E-state index contributed by atoms with van der Waals surface area (Å²) in [6, 6.07) is 6.04. The fourth-order valence-electron chi connectivity index (χ4n) is 2.32. The van der Waals surface area contributed by atoms with Crippen LogP contribution in [0.25, 0.3) is 21.8 Å². The predicted molar refractivity (Wildman–Crippen MR) is 75.9 cm³/mol. The molecule has 0 saturated carbocycles. The molecule has 0 atom stereocenters. The number of rotatable bonds is 1. The Labute approximate surface area is 112 Å². The molecule has 5 heteroatoms. The van der Waals surface area contributed by atoms with Crippen LogP contribution in [0.3, 0.4) is 0 Å². The van der Waals surface area contributed by atoms with Crippen molar-refractivity contribution < 1.29 is 0 Å². The lowest BCUT2D eigenvalue weighted by molar-refractivity contribution is 0.604. The van der Waals surface area contributed by atoms with Crippen molar-refractivity contribution >= 4 is 37.7 Å². The van der Waals surface area contributed by atoms with Crippen molar-refractivity contribution in [2.45, 2.75) is 19.9 Å². The second-order valence-corrected chi connectivity index (χ2v) is 5.50. The van der Waals surface area contributed by atoms with Crippen LogP contribution >= 0.6 is 15.9 Å². The highest BCUT2D eigenvalue weighted by Crippen LogP contribution is 2.25. The van der Waals surface area contributed by atoms with Gasteiger partial charge in [-0.2, -0.15) is 5.10 Å². The molecule has 3 rings (SSSR count). The second-order valence-electron chi connectivity index (χ2n) is 4.59. The van der Waals surface area contributed by atoms with Gasteiger partial charge in [-0.15, -0.1) is 0 Å². The van der Waals surface area contributed by atoms with Crippen LogP contribution in [0.5, 0.6) is 0 Å². The molecule has 4 nitrogen and oxygen atoms in total. The Balaban J connectivity index is 2.65. The monoisotopic (exact) mass is 305 g/mol. The van der Waals surface area contributed by atoms with Gasteiger partial charge < -0.3 is 4.57 Å². The first-order valence-electron chi connectivity index (χ1n) is 5.76. The Kier molecular flexibility index (Phi) is 2.52. The summed E-state index contributed by atoms with van der Waals surface area (Å²) in [6.07, 6.45) is 1.60. The number of benzene rings is 1. The molecule has 3 aromatic rings. The van der Waals surface area contributed by atoms with Crippen molar-refractivity contribution in [2.75, 3.05) is 0 Å². The first-order chi connectivity index (χ1) is 8.59. The van der Waals surface area contributed by atoms with Gasteiger partial charge >= 0.3 is 0 Å². The molecule has 18 heavy (non-hydrogen) atoms. The van der Waals surface area contributed by atoms with E-state index in [0.29, 0.717) is 5.39 Å². The zero-order chi connectivity index (χ0) is 12.9. The molecule has 1 N–H and O–H groups in total. The summed E-state index contributed by atoms with van der Waals surface area (Å²) >= 11 is 3.45. The number of hydrogen-bond acceptors (Lipinski definition) is 2. The predicted octanol–water partition coefficient (Wildman–Crippen LogP) is 3.22. The highest BCUT2D eigenvalue weighted by atomic mass is 79.9. The first kappa shape index (κ1) is 11.5. The normalized spacial score (nSPS) is 11.8. The summed E-state index contributed by atoms with van der Waals surface area (Å²) in [6.45, 7) is 4.02. The highest BCUT2D eigenvalue weighted by Gasteiger charge is 2.14. The molecule has 0 unspecified atom stereocenters. The van der Waals surface area contributed by atoms with Gasteiger partial charge in [0.2, 0.25) is 0 Å². The Bertz CT molecular complexity index is 801. The Hall–Kier alpha value is -1.62. The molecule has 0 aliphatic carbocycles. The number of hydrogen-bond donors (Lipinski definition) is 1. The fraction of sp³-hybridized carbons (Fsp3) is 0.231. The largest absolute Gasteiger partial charge is 0.305 e. The van der Waals surface area contributed by atoms with Crippen molar-refractivity contribution in [3.05, 3.63) is 39.2 Å². The molecule has 0 radical (unpaired) electrons. The van der Waals surface area contributed by atoms with E-state index in [0.717, 1.165) is 20.9 Å². The maximum Gasteiger partial charge on any atom is 0.262 e. The molecule has 92 valence electrons. The van der Waals surface area contributed by atoms with Crippen molar-refractivity contribution in [1.29, 1.82) is 0 Å². The Morgan fingerprint density at radius 3 is 2.83 bits per heavy atom. The van der Waals surface area contributed by atoms with Crippen molar-refractivity contribution in [3.63, 3.8) is 0 Å². The highest BCUT2D eigenvalue weighted by molar-refractivity contribution is 9.10. The Morgan fingerprint density at radius 1 is 1.33 bits per heavy atom. The van der Waals surface area contributed by atoms with E-state index in [9.17, 15) is 4.79 Å². The van der Waals surface area contributed by atoms with Crippen LogP contribution in [0.15, 0.2) is 33.7 Å². The van der Waals surface area contributed by atoms with E-state index in [1.165, 1.54) is 0 Å². The van der Waals surface area contributed by atoms with Crippen LogP contribution < -0.4 is 5.56 Å². The molecule has 0 aliphatic heterocycles. The van der Waals surface area contributed by atoms with Crippen LogP contribution in [-0.2, 0) is 0 Å². The number of aromatic nitrogens is 3. The third-order valence-electron chi connectivity index (χ3n) is 3.09. The van der Waals surface area contributed by atoms with E-state index in [-0.39, 0.29) is 11.6 Å². The van der Waals surface area contributed by atoms with Gasteiger partial charge in [0.25, 0.3) is 5.56 Å². The maximum absolute atomic E-state index is 12.4. The summed E-state index contributed by atoms with van der Waals surface area (Å²) in [7, 11) is 0. The maximum atomic E-state index is 12.4. The topological polar surface area (TPSA) is 50.7 Å². The summed E-state index contributed by atoms with van der Waals surface area (Å²) in [5.41, 5.74) is 1.72. The van der Waals surface area contributed by atoms with Crippen molar-refractivity contribution in [1.82, 2.24) is 14.8 Å². The summed E-state index contributed by atoms with van der Waals surface area (Å²) < 4.78 is 2.76. The lowest BCUT2D eigenvalue weighted by Gasteiger charge is -2.14. The van der Waals surface area contributed by atoms with Gasteiger partial charge in [-0.1, -0.05) is 15.9 Å². The fourth-order valence-corrected chi connectivity index (χ4v) is 2.67. The van der Waals surface area contributed by atoms with E-state index in [1.54, 1.807) is 10.8 Å². The van der Waals surface area contributed by atoms with Gasteiger partial charge in [-0.05, 0) is 32.0 Å². The summed E-state index contributed by atoms with van der Waals surface area (Å²) in [5, 5.41) is 8.55. The number of fused-ring (bicyclic) bond motifs is 3. The quantitative estimate of drug-likeness (QED) is 0.750. The van der Waals surface area contributed by atoms with E-state index < -0.39 is 0 Å². The molecular weight excluding hydrogens is 294 g/mol. The molecule has 2 heterocycles. The lowest BCUT2D eigenvalue weighted by Crippen LogP contribution is -2.22. The van der Waals surface area contributed by atoms with Gasteiger partial charge in [0.1, 0.15) is 0 Å². The molecule has 2 aromatic heterocycles. The van der Waals surface area contributed by atoms with Crippen molar-refractivity contribution in [2.24, 2.45) is 0 Å². The van der Waals surface area contributed by atoms with Gasteiger partial charge in [0, 0.05) is 15.9 Å². The third-order valence-corrected chi connectivity index (χ3v) is 3.59. The van der Waals surface area contributed by atoms with Gasteiger partial charge in [0.05, 0.1) is 22.6 Å². The zero-order valence-corrected chi connectivity index (χ0v) is 11.7. The number of aromatic amines is 1. The second kappa shape index (κ2) is 3.95. The number of nitrogens with zero attached hydrogens (tertiary/aromatic N) is 2. The molecule has 0 bridgehead atoms. The smallest absolute Gasteiger partial charge is 0.262 e. The van der Waals surface area contributed by atoms with Crippen LogP contribution in [0.1, 0.15) is 19.9 Å². The summed E-state index contributed by atoms with van der Waals surface area (Å²) in [4.78, 5) is 12.4. The number of H-pyrrole nitrogens is 1. The third kappa shape index (κ3) is 1.50. The van der Waals surface area contributed by atoms with E-state index in [2.05, 4.69) is 26.1 Å². The van der Waals surface area contributed by atoms with E-state index in [1.807, 2.05) is 32.0 Å². The first-order valence-corrected chi connectivity index (χ1v) is 6.55. The van der Waals surface area contributed by atoms with Crippen LogP contribution in [0.2, 0.25) is 0 Å². The van der Waals surface area contributed by atoms with Gasteiger partial charge in [-0.25, -0.2) is 0 Å². The molecule has 1 aromatic carbocycles. The van der Waals surface area contributed by atoms with Crippen LogP contribution in [0, 0.1) is 0 Å². The van der Waals surface area contributed by atoms with E-state index >= 15 is 0 Å². The molecule has 0 amide bonds. The minimum atomic E-state index is -0.000602. The molecular formula is C13H12BrN3O. The van der Waals surface area contributed by atoms with Crippen LogP contribution in [-0.4, -0.2) is 14.8 Å². The minimum Gasteiger partial charge on any atom is -0.305 e. The molecule has 0 saturated heterocycles. The zero-order valence-electron chi connectivity index (χ0n) is 10.1. The number of halogens is 1. The van der Waals surface area contributed by atoms with Gasteiger partial charge in [-0.3, -0.25) is 9.89 Å². The average molecular weight is 306 g/mol. The number of nitrogens with one attached hydrogen (secondary N) is 1. The summed E-state index contributed by atoms with van der Waals surface area (Å²) in [5.74, 6) is 0. The molecule has 0 fully saturated rings. The standard InChI is InChI=1S/C13H12BrN3O/c1-7(2)17-11-5-8(14)3-4-9(11)12-10(13(17)18)6-15-16-12/h3-7H,1-2H3,(H,15,16). The Morgan fingerprint density at radius 2 is 2.11 bits per heavy atom.